The van der Waals surface area contributed by atoms with Crippen molar-refractivity contribution in [2.45, 2.75) is 37.7 Å². The molecule has 2 heteroatoms. The molecule has 0 aromatic rings. The second kappa shape index (κ2) is 4.13. The maximum absolute atomic E-state index is 9.04. The highest BCUT2D eigenvalue weighted by molar-refractivity contribution is 5.11. The lowest BCUT2D eigenvalue weighted by molar-refractivity contribution is 0.0268. The van der Waals surface area contributed by atoms with Gasteiger partial charge in [0.1, 0.15) is 11.8 Å². The summed E-state index contributed by atoms with van der Waals surface area (Å²) in [5.41, 5.74) is -0.622. The molecule has 13 heavy (non-hydrogen) atoms. The van der Waals surface area contributed by atoms with Crippen LogP contribution in [-0.2, 0) is 4.74 Å². The Morgan fingerprint density at radius 3 is 2.46 bits per heavy atom. The van der Waals surface area contributed by atoms with Crippen LogP contribution in [-0.4, -0.2) is 5.60 Å². The van der Waals surface area contributed by atoms with Crippen molar-refractivity contribution in [2.75, 3.05) is 0 Å². The Balaban J connectivity index is 2.64. The van der Waals surface area contributed by atoms with Gasteiger partial charge in [-0.3, -0.25) is 0 Å². The summed E-state index contributed by atoms with van der Waals surface area (Å²) in [6.45, 7) is 7.23. The van der Waals surface area contributed by atoms with Gasteiger partial charge in [0, 0.05) is 12.8 Å². The molecular weight excluding hydrogens is 162 g/mol. The van der Waals surface area contributed by atoms with E-state index in [4.69, 9.17) is 10.00 Å². The van der Waals surface area contributed by atoms with Crippen LogP contribution < -0.4 is 0 Å². The quantitative estimate of drug-likeness (QED) is 0.490. The smallest absolute Gasteiger partial charge is 0.194 e. The summed E-state index contributed by atoms with van der Waals surface area (Å²) < 4.78 is 5.50. The molecule has 0 saturated heterocycles. The summed E-state index contributed by atoms with van der Waals surface area (Å²) in [5.74, 6) is 0.503. The van der Waals surface area contributed by atoms with Gasteiger partial charge in [-0.2, -0.15) is 5.26 Å². The lowest BCUT2D eigenvalue weighted by Crippen LogP contribution is -2.32. The zero-order chi connectivity index (χ0) is 9.73. The first-order valence-corrected chi connectivity index (χ1v) is 4.64. The van der Waals surface area contributed by atoms with Gasteiger partial charge in [-0.1, -0.05) is 19.6 Å². The molecule has 2 nitrogen and oxygen atoms in total. The Kier molecular flexibility index (Phi) is 3.13. The Labute approximate surface area is 79.5 Å². The largest absolute Gasteiger partial charge is 0.473 e. The van der Waals surface area contributed by atoms with Crippen LogP contribution in [0.4, 0.5) is 0 Å². The van der Waals surface area contributed by atoms with E-state index in [1.807, 2.05) is 0 Å². The maximum Gasteiger partial charge on any atom is 0.194 e. The fourth-order valence-corrected chi connectivity index (χ4v) is 1.65. The number of hydrogen-bond acceptors (Lipinski definition) is 2. The molecule has 1 rings (SSSR count). The van der Waals surface area contributed by atoms with Crippen LogP contribution >= 0.6 is 0 Å². The minimum atomic E-state index is -0.622. The number of nitriles is 1. The van der Waals surface area contributed by atoms with E-state index in [1.54, 1.807) is 6.08 Å². The molecule has 1 aliphatic rings. The first-order valence-electron chi connectivity index (χ1n) is 4.64. The molecule has 0 aliphatic heterocycles. The summed E-state index contributed by atoms with van der Waals surface area (Å²) in [7, 11) is 0. The van der Waals surface area contributed by atoms with Crippen LogP contribution in [0.25, 0.3) is 0 Å². The maximum atomic E-state index is 9.04. The summed E-state index contributed by atoms with van der Waals surface area (Å²) in [4.78, 5) is 0. The van der Waals surface area contributed by atoms with Crippen LogP contribution in [0.2, 0.25) is 0 Å². The van der Waals surface area contributed by atoms with Gasteiger partial charge < -0.3 is 4.74 Å². The van der Waals surface area contributed by atoms with Gasteiger partial charge >= 0.3 is 0 Å². The summed E-state index contributed by atoms with van der Waals surface area (Å²) >= 11 is 0. The molecule has 0 aromatic carbocycles. The third-order valence-electron chi connectivity index (χ3n) is 2.42. The number of nitrogens with zero attached hydrogens (tertiary/aromatic N) is 1. The molecular formula is C11H15NO. The highest BCUT2D eigenvalue weighted by Crippen LogP contribution is 2.32. The minimum Gasteiger partial charge on any atom is -0.473 e. The third-order valence-corrected chi connectivity index (χ3v) is 2.42. The molecule has 1 fully saturated rings. The average molecular weight is 177 g/mol. The SMILES string of the molecule is C=CC(=C)OC1(C#N)CCCCC1. The van der Waals surface area contributed by atoms with Gasteiger partial charge in [0.2, 0.25) is 0 Å². The topological polar surface area (TPSA) is 33.0 Å². The van der Waals surface area contributed by atoms with Crippen molar-refractivity contribution in [2.24, 2.45) is 0 Å². The zero-order valence-corrected chi connectivity index (χ0v) is 7.88. The Morgan fingerprint density at radius 2 is 2.00 bits per heavy atom. The summed E-state index contributed by atoms with van der Waals surface area (Å²) in [6.07, 6.45) is 6.52. The van der Waals surface area contributed by atoms with Gasteiger partial charge in [0.15, 0.2) is 5.60 Å². The molecule has 0 spiro atoms. The molecule has 0 unspecified atom stereocenters. The molecule has 1 saturated carbocycles. The van der Waals surface area contributed by atoms with E-state index in [2.05, 4.69) is 19.2 Å². The van der Waals surface area contributed by atoms with E-state index < -0.39 is 5.60 Å². The van der Waals surface area contributed by atoms with Crippen LogP contribution in [0.15, 0.2) is 25.0 Å². The van der Waals surface area contributed by atoms with Gasteiger partial charge in [0.25, 0.3) is 0 Å². The van der Waals surface area contributed by atoms with Gasteiger partial charge in [-0.05, 0) is 18.9 Å². The van der Waals surface area contributed by atoms with Crippen molar-refractivity contribution < 1.29 is 4.74 Å². The fraction of sp³-hybridized carbons (Fsp3) is 0.545. The van der Waals surface area contributed by atoms with E-state index in [0.29, 0.717) is 5.76 Å². The second-order valence-electron chi connectivity index (χ2n) is 3.44. The summed E-state index contributed by atoms with van der Waals surface area (Å²) in [5, 5.41) is 9.04. The third kappa shape index (κ3) is 2.35. The predicted octanol–water partition coefficient (Wildman–Crippen LogP) is 2.93. The van der Waals surface area contributed by atoms with E-state index in [0.717, 1.165) is 25.7 Å². The average Bonchev–Trinajstić information content (AvgIpc) is 2.19. The first-order chi connectivity index (χ1) is 6.22. The van der Waals surface area contributed by atoms with Crippen molar-refractivity contribution in [1.29, 1.82) is 5.26 Å². The van der Waals surface area contributed by atoms with Crippen LogP contribution in [0.3, 0.4) is 0 Å². The highest BCUT2D eigenvalue weighted by atomic mass is 16.5. The van der Waals surface area contributed by atoms with Crippen molar-refractivity contribution in [3.63, 3.8) is 0 Å². The normalized spacial score (nSPS) is 19.9. The molecule has 1 aliphatic carbocycles. The lowest BCUT2D eigenvalue weighted by atomic mass is 9.86. The zero-order valence-electron chi connectivity index (χ0n) is 7.88. The lowest BCUT2D eigenvalue weighted by Gasteiger charge is -2.31. The number of rotatable bonds is 3. The van der Waals surface area contributed by atoms with Crippen molar-refractivity contribution >= 4 is 0 Å². The Morgan fingerprint density at radius 1 is 1.38 bits per heavy atom. The second-order valence-corrected chi connectivity index (χ2v) is 3.44. The standard InChI is InChI=1S/C11H15NO/c1-3-10(2)13-11(9-12)7-5-4-6-8-11/h3H,1-2,4-8H2. The number of allylic oxidation sites excluding steroid dienone is 1. The van der Waals surface area contributed by atoms with Crippen molar-refractivity contribution in [3.8, 4) is 6.07 Å². The molecule has 0 atom stereocenters. The minimum absolute atomic E-state index is 0.503. The monoisotopic (exact) mass is 177 g/mol. The highest BCUT2D eigenvalue weighted by Gasteiger charge is 2.33. The Bertz CT molecular complexity index is 243. The van der Waals surface area contributed by atoms with Crippen LogP contribution in [0.1, 0.15) is 32.1 Å². The van der Waals surface area contributed by atoms with Crippen LogP contribution in [0.5, 0.6) is 0 Å². The number of ether oxygens (including phenoxy) is 1. The molecule has 0 bridgehead atoms. The predicted molar refractivity (Wildman–Crippen MR) is 51.9 cm³/mol. The van der Waals surface area contributed by atoms with Crippen molar-refractivity contribution in [1.82, 2.24) is 0 Å². The summed E-state index contributed by atoms with van der Waals surface area (Å²) in [6, 6.07) is 2.25. The van der Waals surface area contributed by atoms with Crippen molar-refractivity contribution in [3.05, 3.63) is 25.0 Å². The van der Waals surface area contributed by atoms with Gasteiger partial charge in [0.05, 0.1) is 0 Å². The van der Waals surface area contributed by atoms with E-state index >= 15 is 0 Å². The molecule has 0 heterocycles. The first kappa shape index (κ1) is 9.85. The van der Waals surface area contributed by atoms with Crippen LogP contribution in [0, 0.1) is 11.3 Å². The van der Waals surface area contributed by atoms with Gasteiger partial charge in [-0.25, -0.2) is 0 Å². The molecule has 0 aromatic heterocycles. The Hall–Kier alpha value is -1.23. The molecule has 0 radical (unpaired) electrons. The molecule has 0 N–H and O–H groups in total. The number of hydrogen-bond donors (Lipinski definition) is 0. The van der Waals surface area contributed by atoms with E-state index in [1.165, 1.54) is 6.42 Å². The molecule has 0 amide bonds. The fourth-order valence-electron chi connectivity index (χ4n) is 1.65. The molecule has 70 valence electrons. The van der Waals surface area contributed by atoms with E-state index in [-0.39, 0.29) is 0 Å². The van der Waals surface area contributed by atoms with Gasteiger partial charge in [-0.15, -0.1) is 0 Å². The van der Waals surface area contributed by atoms with E-state index in [9.17, 15) is 0 Å².